The van der Waals surface area contributed by atoms with Crippen LogP contribution in [0.25, 0.3) is 44.5 Å². The Labute approximate surface area is 391 Å². The van der Waals surface area contributed by atoms with E-state index in [1.807, 2.05) is 48.5 Å². The number of fused-ring (bicyclic) bond motifs is 5. The van der Waals surface area contributed by atoms with E-state index in [0.717, 1.165) is 22.3 Å². The topological polar surface area (TPSA) is 232 Å². The van der Waals surface area contributed by atoms with Crippen LogP contribution in [0, 0.1) is 0 Å². The van der Waals surface area contributed by atoms with Crippen molar-refractivity contribution in [3.8, 4) is 33.6 Å². The second kappa shape index (κ2) is 19.8. The van der Waals surface area contributed by atoms with E-state index in [9.17, 15) is 39.0 Å². The summed E-state index contributed by atoms with van der Waals surface area (Å²) in [6.07, 6.45) is -1.66. The lowest BCUT2D eigenvalue weighted by atomic mass is 9.89. The van der Waals surface area contributed by atoms with Crippen LogP contribution in [-0.2, 0) is 19.0 Å². The minimum absolute atomic E-state index is 0.0285. The molecule has 0 fully saturated rings. The molecule has 0 bridgehead atoms. The van der Waals surface area contributed by atoms with Gasteiger partial charge in [0.05, 0.1) is 10.9 Å². The number of nitrogens with zero attached hydrogens (tertiary/aromatic N) is 1. The highest BCUT2D eigenvalue weighted by atomic mass is 16.6. The Balaban J connectivity index is 1.07. The van der Waals surface area contributed by atoms with E-state index in [2.05, 4.69) is 20.9 Å². The van der Waals surface area contributed by atoms with E-state index >= 15 is 0 Å². The minimum atomic E-state index is -1.27. The molecule has 1 heterocycles. The van der Waals surface area contributed by atoms with Gasteiger partial charge in [-0.3, -0.25) is 10.1 Å². The molecule has 0 saturated carbocycles. The molecule has 3 aliphatic rings. The number of carboxylic acid groups (broad SMARTS) is 2. The van der Waals surface area contributed by atoms with Crippen molar-refractivity contribution in [2.45, 2.75) is 84.0 Å². The van der Waals surface area contributed by atoms with Gasteiger partial charge in [-0.05, 0) is 131 Å². The number of carboxylic acids is 2. The lowest BCUT2D eigenvalue weighted by Crippen LogP contribution is -2.41. The molecule has 4 amide bonds. The number of nitrogens with one attached hydrogen (secondary N) is 3. The standard InChI is InChI=1S/C52H52N4O12/c1-51(2,3)67-49(63)54-30-19-22-37-42(26-30)66-43-27-31(55-50(64)68-52(4,5)6)20-23-38(43)44(37)39-25-29(18-21-36(39)46(58)59)45(57)53-24-12-11-17-41(47(60)61)56-48(62)65-28-40-34-15-9-7-13-32(34)33-14-8-10-16-35(33)40/h7-10,13-16,18-23,25-27,40-41H,11-12,17,24,28H2,1-6H3,(H,53,57)(H,54,63)(H,56,62)(H,58,59)(H,60,61)/t41-/m1/s1. The summed E-state index contributed by atoms with van der Waals surface area (Å²) in [6, 6.07) is 28.1. The smallest absolute Gasteiger partial charge is 0.434 e. The number of amides is 4. The molecule has 0 radical (unpaired) electrons. The van der Waals surface area contributed by atoms with Crippen molar-refractivity contribution in [1.29, 1.82) is 0 Å². The summed E-state index contributed by atoms with van der Waals surface area (Å²) in [4.78, 5) is 80.9. The number of alkyl carbamates (subject to hydrolysis) is 1. The van der Waals surface area contributed by atoms with Crippen LogP contribution in [-0.4, -0.2) is 76.7 Å². The first kappa shape index (κ1) is 47.9. The van der Waals surface area contributed by atoms with Crippen LogP contribution in [0.4, 0.5) is 20.1 Å². The number of carbonyl (C=O) groups is 6. The predicted molar refractivity (Wildman–Crippen MR) is 253 cm³/mol. The number of ether oxygens (including phenoxy) is 3. The zero-order valence-electron chi connectivity index (χ0n) is 38.4. The number of rotatable bonds is 13. The van der Waals surface area contributed by atoms with Gasteiger partial charge in [-0.15, -0.1) is 0 Å². The zero-order valence-corrected chi connectivity index (χ0v) is 38.4. The first-order valence-corrected chi connectivity index (χ1v) is 22.0. The molecule has 4 aromatic rings. The van der Waals surface area contributed by atoms with Crippen LogP contribution in [0.15, 0.2) is 113 Å². The number of hydrogen-bond acceptors (Lipinski definition) is 10. The summed E-state index contributed by atoms with van der Waals surface area (Å²) in [5.41, 5.74) is 4.11. The number of hydrogen-bond donors (Lipinski definition) is 5. The molecule has 68 heavy (non-hydrogen) atoms. The van der Waals surface area contributed by atoms with Gasteiger partial charge in [0, 0.05) is 52.4 Å². The third-order valence-electron chi connectivity index (χ3n) is 10.9. The molecule has 0 saturated heterocycles. The highest BCUT2D eigenvalue weighted by Gasteiger charge is 2.30. The summed E-state index contributed by atoms with van der Waals surface area (Å²) in [5.74, 6) is -3.01. The molecule has 2 aliphatic carbocycles. The average molecular weight is 925 g/mol. The van der Waals surface area contributed by atoms with E-state index in [1.165, 1.54) is 24.3 Å². The lowest BCUT2D eigenvalue weighted by molar-refractivity contribution is -0.139. The highest BCUT2D eigenvalue weighted by Crippen LogP contribution is 2.45. The van der Waals surface area contributed by atoms with Crippen molar-refractivity contribution in [2.75, 3.05) is 18.5 Å². The number of carbonyl (C=O) groups excluding carboxylic acids is 4. The Morgan fingerprint density at radius 1 is 0.721 bits per heavy atom. The maximum atomic E-state index is 13.7. The molecular formula is C52H52N4O12. The largest absolute Gasteiger partial charge is 0.480 e. The Bertz CT molecular complexity index is 2930. The number of anilines is 1. The first-order valence-electron chi connectivity index (χ1n) is 22.0. The van der Waals surface area contributed by atoms with Gasteiger partial charge < -0.3 is 39.5 Å². The summed E-state index contributed by atoms with van der Waals surface area (Å²) in [7, 11) is 0. The van der Waals surface area contributed by atoms with E-state index in [-0.39, 0.29) is 58.9 Å². The maximum Gasteiger partial charge on any atom is 0.434 e. The van der Waals surface area contributed by atoms with Crippen LogP contribution in [0.3, 0.4) is 0 Å². The maximum absolute atomic E-state index is 13.7. The van der Waals surface area contributed by atoms with Crippen LogP contribution >= 0.6 is 0 Å². The van der Waals surface area contributed by atoms with Crippen molar-refractivity contribution in [3.05, 3.63) is 131 Å². The van der Waals surface area contributed by atoms with Crippen molar-refractivity contribution in [2.24, 2.45) is 4.99 Å². The highest BCUT2D eigenvalue weighted by molar-refractivity contribution is 6.09. The normalized spacial score (nSPS) is 13.0. The van der Waals surface area contributed by atoms with E-state index < -0.39 is 53.4 Å². The van der Waals surface area contributed by atoms with E-state index in [4.69, 9.17) is 18.6 Å². The SMILES string of the molecule is CC(C)(C)OC(=O)N=c1ccc2c(-c3cc(C(=O)NCCCC[C@@H](NC(=O)OCC4c5ccccc5-c5ccccc54)C(=O)O)ccc3C(=O)O)c3ccc(NC(=O)OC(C)(C)C)cc3oc-2c1. The lowest BCUT2D eigenvalue weighted by Gasteiger charge is -2.20. The molecule has 4 aromatic carbocycles. The fraction of sp³-hybridized carbons (Fsp3) is 0.288. The van der Waals surface area contributed by atoms with E-state index in [0.29, 0.717) is 35.0 Å². The molecule has 7 rings (SSSR count). The second-order valence-corrected chi connectivity index (χ2v) is 18.3. The molecule has 5 N–H and O–H groups in total. The fourth-order valence-corrected chi connectivity index (χ4v) is 8.02. The Morgan fingerprint density at radius 2 is 1.40 bits per heavy atom. The summed E-state index contributed by atoms with van der Waals surface area (Å²) in [5, 5.41) is 28.9. The van der Waals surface area contributed by atoms with Gasteiger partial charge in [-0.2, -0.15) is 4.99 Å². The van der Waals surface area contributed by atoms with Crippen LogP contribution < -0.4 is 21.3 Å². The Morgan fingerprint density at radius 3 is 2.04 bits per heavy atom. The van der Waals surface area contributed by atoms with Gasteiger partial charge >= 0.3 is 30.2 Å². The molecule has 0 aromatic heterocycles. The van der Waals surface area contributed by atoms with Crippen molar-refractivity contribution < 1.29 is 57.6 Å². The molecule has 16 nitrogen and oxygen atoms in total. The van der Waals surface area contributed by atoms with Gasteiger partial charge in [0.15, 0.2) is 0 Å². The molecule has 16 heteroatoms. The average Bonchev–Trinajstić information content (AvgIpc) is 3.58. The van der Waals surface area contributed by atoms with Crippen LogP contribution in [0.2, 0.25) is 0 Å². The molecular weight excluding hydrogens is 873 g/mol. The Hall–Kier alpha value is -8.01. The zero-order chi connectivity index (χ0) is 48.9. The van der Waals surface area contributed by atoms with Crippen molar-refractivity contribution in [1.82, 2.24) is 10.6 Å². The number of unbranched alkanes of at least 4 members (excludes halogenated alkanes) is 1. The predicted octanol–water partition coefficient (Wildman–Crippen LogP) is 9.98. The number of benzene rings is 5. The van der Waals surface area contributed by atoms with Gasteiger partial charge in [0.25, 0.3) is 5.91 Å². The molecule has 1 atom stereocenters. The van der Waals surface area contributed by atoms with Gasteiger partial charge in [0.1, 0.15) is 35.2 Å². The first-order chi connectivity index (χ1) is 32.2. The van der Waals surface area contributed by atoms with Crippen LogP contribution in [0.1, 0.15) is 98.6 Å². The number of aromatic carboxylic acids is 1. The summed E-state index contributed by atoms with van der Waals surface area (Å²) < 4.78 is 22.6. The monoisotopic (exact) mass is 924 g/mol. The third-order valence-corrected chi connectivity index (χ3v) is 10.9. The summed E-state index contributed by atoms with van der Waals surface area (Å²) >= 11 is 0. The van der Waals surface area contributed by atoms with Gasteiger partial charge in [-0.25, -0.2) is 24.0 Å². The van der Waals surface area contributed by atoms with Crippen LogP contribution in [0.5, 0.6) is 0 Å². The molecule has 0 unspecified atom stereocenters. The van der Waals surface area contributed by atoms with E-state index in [1.54, 1.807) is 71.9 Å². The molecule has 352 valence electrons. The quantitative estimate of drug-likeness (QED) is 0.0414. The summed E-state index contributed by atoms with van der Waals surface area (Å²) in [6.45, 7) is 10.5. The van der Waals surface area contributed by atoms with Crippen molar-refractivity contribution >= 4 is 52.8 Å². The van der Waals surface area contributed by atoms with Crippen molar-refractivity contribution in [3.63, 3.8) is 0 Å². The minimum Gasteiger partial charge on any atom is -0.480 e. The molecule has 0 spiro atoms. The van der Waals surface area contributed by atoms with Gasteiger partial charge in [-0.1, -0.05) is 48.5 Å². The second-order valence-electron chi connectivity index (χ2n) is 18.3. The fourth-order valence-electron chi connectivity index (χ4n) is 8.02. The molecule has 1 aliphatic heterocycles. The Kier molecular flexibility index (Phi) is 14.0. The number of aliphatic carboxylic acids is 1. The van der Waals surface area contributed by atoms with Gasteiger partial charge in [0.2, 0.25) is 0 Å². The third kappa shape index (κ3) is 11.5.